The van der Waals surface area contributed by atoms with E-state index in [2.05, 4.69) is 6.07 Å². The van der Waals surface area contributed by atoms with E-state index in [1.807, 2.05) is 31.2 Å². The molecule has 1 rings (SSSR count). The summed E-state index contributed by atoms with van der Waals surface area (Å²) in [6, 6.07) is 7.71. The molecule has 0 heterocycles. The predicted molar refractivity (Wildman–Crippen MR) is 77.2 cm³/mol. The molecular formula is C15H18ClNO2. The predicted octanol–water partition coefficient (Wildman–Crippen LogP) is 3.93. The van der Waals surface area contributed by atoms with Crippen LogP contribution in [-0.2, 0) is 4.74 Å². The molecule has 2 atom stereocenters. The van der Waals surface area contributed by atoms with Gasteiger partial charge in [0.05, 0.1) is 24.3 Å². The molecule has 0 saturated heterocycles. The van der Waals surface area contributed by atoms with Gasteiger partial charge in [0, 0.05) is 13.5 Å². The van der Waals surface area contributed by atoms with Crippen LogP contribution < -0.4 is 4.74 Å². The van der Waals surface area contributed by atoms with Gasteiger partial charge in [0.2, 0.25) is 0 Å². The van der Waals surface area contributed by atoms with Crippen molar-refractivity contribution in [3.8, 4) is 11.8 Å². The van der Waals surface area contributed by atoms with Crippen LogP contribution in [0.1, 0.15) is 18.9 Å². The van der Waals surface area contributed by atoms with E-state index in [-0.39, 0.29) is 12.0 Å². The van der Waals surface area contributed by atoms with Crippen molar-refractivity contribution in [3.05, 3.63) is 34.9 Å². The summed E-state index contributed by atoms with van der Waals surface area (Å²) in [5.41, 5.74) is 0.979. The average Bonchev–Trinajstić information content (AvgIpc) is 2.41. The van der Waals surface area contributed by atoms with Crippen molar-refractivity contribution in [2.75, 3.05) is 14.2 Å². The Morgan fingerprint density at radius 2 is 2.16 bits per heavy atom. The summed E-state index contributed by atoms with van der Waals surface area (Å²) in [6.45, 7) is 1.99. The number of halogens is 1. The van der Waals surface area contributed by atoms with E-state index in [0.29, 0.717) is 17.2 Å². The zero-order valence-electron chi connectivity index (χ0n) is 11.4. The summed E-state index contributed by atoms with van der Waals surface area (Å²) < 4.78 is 10.5. The summed E-state index contributed by atoms with van der Waals surface area (Å²) in [5.74, 6) is 0.795. The third kappa shape index (κ3) is 4.59. The van der Waals surface area contributed by atoms with E-state index < -0.39 is 0 Å². The lowest BCUT2D eigenvalue weighted by molar-refractivity contribution is 0.0988. The van der Waals surface area contributed by atoms with E-state index in [0.717, 1.165) is 5.56 Å². The first-order chi connectivity index (χ1) is 9.12. The van der Waals surface area contributed by atoms with Crippen molar-refractivity contribution >= 4 is 17.7 Å². The highest BCUT2D eigenvalue weighted by atomic mass is 35.5. The van der Waals surface area contributed by atoms with Gasteiger partial charge in [-0.1, -0.05) is 36.7 Å². The third-order valence-electron chi connectivity index (χ3n) is 2.90. The summed E-state index contributed by atoms with van der Waals surface area (Å²) >= 11 is 5.97. The number of methoxy groups -OCH3 is 2. The molecule has 0 aliphatic heterocycles. The lowest BCUT2D eigenvalue weighted by atomic mass is 10.0. The Kier molecular flexibility index (Phi) is 6.41. The molecule has 3 nitrogen and oxygen atoms in total. The van der Waals surface area contributed by atoms with Gasteiger partial charge in [-0.3, -0.25) is 0 Å². The van der Waals surface area contributed by atoms with Crippen LogP contribution >= 0.6 is 11.6 Å². The molecule has 0 amide bonds. The van der Waals surface area contributed by atoms with Crippen molar-refractivity contribution < 1.29 is 9.47 Å². The topological polar surface area (TPSA) is 42.2 Å². The number of nitrogens with zero attached hydrogens (tertiary/aromatic N) is 1. The van der Waals surface area contributed by atoms with Crippen LogP contribution in [0.3, 0.4) is 0 Å². The number of hydrogen-bond donors (Lipinski definition) is 0. The molecule has 1 aromatic carbocycles. The summed E-state index contributed by atoms with van der Waals surface area (Å²) in [4.78, 5) is 0. The Morgan fingerprint density at radius 3 is 2.74 bits per heavy atom. The standard InChI is InChI=1S/C15H18ClNO2/c1-11(8-9-17)14(18-2)7-5-12-4-6-13(16)15(10-12)19-3/h4-7,10-11,14H,8H2,1-3H3/b7-5+/t11-,14-/m0/s1. The minimum Gasteiger partial charge on any atom is -0.495 e. The Bertz CT molecular complexity index is 480. The Balaban J connectivity index is 2.82. The third-order valence-corrected chi connectivity index (χ3v) is 3.21. The van der Waals surface area contributed by atoms with E-state index in [4.69, 9.17) is 26.3 Å². The van der Waals surface area contributed by atoms with Crippen molar-refractivity contribution in [1.82, 2.24) is 0 Å². The highest BCUT2D eigenvalue weighted by Gasteiger charge is 2.12. The highest BCUT2D eigenvalue weighted by Crippen LogP contribution is 2.26. The molecule has 0 aliphatic rings. The van der Waals surface area contributed by atoms with Gasteiger partial charge in [-0.15, -0.1) is 0 Å². The molecular weight excluding hydrogens is 262 g/mol. The minimum atomic E-state index is -0.0821. The number of rotatable bonds is 6. The number of hydrogen-bond acceptors (Lipinski definition) is 3. The van der Waals surface area contributed by atoms with Crippen molar-refractivity contribution in [3.63, 3.8) is 0 Å². The van der Waals surface area contributed by atoms with E-state index in [1.54, 1.807) is 20.3 Å². The summed E-state index contributed by atoms with van der Waals surface area (Å²) in [6.07, 6.45) is 4.28. The van der Waals surface area contributed by atoms with Crippen LogP contribution in [0.4, 0.5) is 0 Å². The molecule has 1 aromatic rings. The molecule has 19 heavy (non-hydrogen) atoms. The highest BCUT2D eigenvalue weighted by molar-refractivity contribution is 6.32. The van der Waals surface area contributed by atoms with Gasteiger partial charge in [-0.25, -0.2) is 0 Å². The van der Waals surface area contributed by atoms with Crippen LogP contribution in [0.5, 0.6) is 5.75 Å². The first kappa shape index (κ1) is 15.6. The lowest BCUT2D eigenvalue weighted by Gasteiger charge is -2.16. The molecule has 0 saturated carbocycles. The normalized spacial score (nSPS) is 14.1. The number of nitriles is 1. The lowest BCUT2D eigenvalue weighted by Crippen LogP contribution is -2.17. The first-order valence-corrected chi connectivity index (χ1v) is 6.41. The van der Waals surface area contributed by atoms with Crippen LogP contribution in [0.15, 0.2) is 24.3 Å². The number of ether oxygens (including phenoxy) is 2. The fourth-order valence-corrected chi connectivity index (χ4v) is 1.94. The van der Waals surface area contributed by atoms with Gasteiger partial charge in [-0.05, 0) is 23.6 Å². The molecule has 0 unspecified atom stereocenters. The largest absolute Gasteiger partial charge is 0.495 e. The molecule has 0 bridgehead atoms. The fourth-order valence-electron chi connectivity index (χ4n) is 1.75. The smallest absolute Gasteiger partial charge is 0.138 e. The van der Waals surface area contributed by atoms with Gasteiger partial charge in [0.15, 0.2) is 0 Å². The van der Waals surface area contributed by atoms with Gasteiger partial charge >= 0.3 is 0 Å². The van der Waals surface area contributed by atoms with E-state index in [1.165, 1.54) is 0 Å². The van der Waals surface area contributed by atoms with Crippen molar-refractivity contribution in [2.24, 2.45) is 5.92 Å². The van der Waals surface area contributed by atoms with E-state index >= 15 is 0 Å². The van der Waals surface area contributed by atoms with Gasteiger partial charge < -0.3 is 9.47 Å². The molecule has 0 fully saturated rings. The molecule has 4 heteroatoms. The zero-order chi connectivity index (χ0) is 14.3. The maximum atomic E-state index is 8.70. The minimum absolute atomic E-state index is 0.0821. The first-order valence-electron chi connectivity index (χ1n) is 6.03. The van der Waals surface area contributed by atoms with Gasteiger partial charge in [0.25, 0.3) is 0 Å². The Morgan fingerprint density at radius 1 is 1.42 bits per heavy atom. The van der Waals surface area contributed by atoms with E-state index in [9.17, 15) is 0 Å². The zero-order valence-corrected chi connectivity index (χ0v) is 12.1. The monoisotopic (exact) mass is 279 g/mol. The molecule has 0 radical (unpaired) electrons. The van der Waals surface area contributed by atoms with Gasteiger partial charge in [0.1, 0.15) is 5.75 Å². The summed E-state index contributed by atoms with van der Waals surface area (Å²) in [5, 5.41) is 9.29. The molecule has 0 N–H and O–H groups in total. The number of benzene rings is 1. The van der Waals surface area contributed by atoms with Crippen LogP contribution in [0, 0.1) is 17.2 Å². The SMILES string of the molecule is COc1cc(/C=C/[C@H](OC)[C@@H](C)CC#N)ccc1Cl. The quantitative estimate of drug-likeness (QED) is 0.792. The fraction of sp³-hybridized carbons (Fsp3) is 0.400. The molecule has 0 spiro atoms. The molecule has 0 aliphatic carbocycles. The second kappa shape index (κ2) is 7.83. The van der Waals surface area contributed by atoms with Crippen LogP contribution in [0.25, 0.3) is 6.08 Å². The second-order valence-corrected chi connectivity index (χ2v) is 4.70. The Labute approximate surface area is 119 Å². The Hall–Kier alpha value is -1.50. The average molecular weight is 280 g/mol. The van der Waals surface area contributed by atoms with Crippen molar-refractivity contribution in [2.45, 2.75) is 19.4 Å². The van der Waals surface area contributed by atoms with Gasteiger partial charge in [-0.2, -0.15) is 5.26 Å². The summed E-state index contributed by atoms with van der Waals surface area (Å²) in [7, 11) is 3.23. The second-order valence-electron chi connectivity index (χ2n) is 4.29. The molecule has 0 aromatic heterocycles. The van der Waals surface area contributed by atoms with Crippen molar-refractivity contribution in [1.29, 1.82) is 5.26 Å². The van der Waals surface area contributed by atoms with Crippen LogP contribution in [-0.4, -0.2) is 20.3 Å². The maximum Gasteiger partial charge on any atom is 0.138 e. The molecule has 102 valence electrons. The maximum absolute atomic E-state index is 8.70. The van der Waals surface area contributed by atoms with Crippen LogP contribution in [0.2, 0.25) is 5.02 Å².